The average Bonchev–Trinajstić information content (AvgIpc) is 2.96. The zero-order valence-corrected chi connectivity index (χ0v) is 36.0. The summed E-state index contributed by atoms with van der Waals surface area (Å²) in [5.41, 5.74) is 24.3. The van der Waals surface area contributed by atoms with Gasteiger partial charge in [0, 0.05) is 0 Å². The van der Waals surface area contributed by atoms with Crippen LogP contribution in [0, 0.1) is 16.2 Å². The van der Waals surface area contributed by atoms with Crippen molar-refractivity contribution in [3.8, 4) is 0 Å². The third kappa shape index (κ3) is 13.1. The summed E-state index contributed by atoms with van der Waals surface area (Å²) in [6.07, 6.45) is 4.87. The van der Waals surface area contributed by atoms with Crippen LogP contribution in [0.4, 0.5) is 0 Å². The Morgan fingerprint density at radius 2 is 0.885 bits per heavy atom. The summed E-state index contributed by atoms with van der Waals surface area (Å²) in [5, 5.41) is 0. The molecule has 4 heteroatoms. The third-order valence-electron chi connectivity index (χ3n) is 10.3. The number of benzene rings is 3. The molecule has 3 aromatic carbocycles. The number of ether oxygens (including phenoxy) is 2. The molecule has 0 heterocycles. The lowest BCUT2D eigenvalue weighted by atomic mass is 9.70. The van der Waals surface area contributed by atoms with E-state index in [1.807, 2.05) is 0 Å². The second-order valence-corrected chi connectivity index (χ2v) is 21.2. The van der Waals surface area contributed by atoms with Crippen molar-refractivity contribution in [3.63, 3.8) is 0 Å². The monoisotopic (exact) mass is 713 g/mol. The van der Waals surface area contributed by atoms with Gasteiger partial charge in [-0.05, 0) is 115 Å². The minimum absolute atomic E-state index is 0.0131. The normalized spacial score (nSPS) is 13.6. The Balaban J connectivity index is 2.29. The van der Waals surface area contributed by atoms with Crippen molar-refractivity contribution in [2.45, 2.75) is 165 Å². The Hall–Kier alpha value is -2.50. The van der Waals surface area contributed by atoms with Gasteiger partial charge in [0.05, 0.1) is 26.7 Å². The largest absolute Gasteiger partial charge is 0.362 e. The lowest BCUT2D eigenvalue weighted by molar-refractivity contribution is 0.126. The number of nitrogens with two attached hydrogens (primary N) is 2. The van der Waals surface area contributed by atoms with Gasteiger partial charge in [-0.25, -0.2) is 0 Å². The van der Waals surface area contributed by atoms with Gasteiger partial charge in [-0.2, -0.15) is 0 Å². The van der Waals surface area contributed by atoms with Crippen molar-refractivity contribution in [2.24, 2.45) is 27.7 Å². The zero-order valence-electron chi connectivity index (χ0n) is 36.0. The fraction of sp³-hybridized carbons (Fsp3) is 0.625. The summed E-state index contributed by atoms with van der Waals surface area (Å²) in [5.74, 6) is 0. The maximum atomic E-state index is 6.08. The van der Waals surface area contributed by atoms with Gasteiger partial charge in [0.2, 0.25) is 0 Å². The second-order valence-electron chi connectivity index (χ2n) is 21.2. The first kappa shape index (κ1) is 43.9. The topological polar surface area (TPSA) is 70.5 Å². The molecule has 290 valence electrons. The molecule has 3 rings (SSSR count). The van der Waals surface area contributed by atoms with Crippen molar-refractivity contribution in [2.75, 3.05) is 13.5 Å². The molecule has 0 amide bonds. The quantitative estimate of drug-likeness (QED) is 0.145. The molecule has 0 aromatic heterocycles. The lowest BCUT2D eigenvalue weighted by Gasteiger charge is -2.35. The van der Waals surface area contributed by atoms with Crippen LogP contribution in [0.3, 0.4) is 0 Å². The molecule has 3 aromatic rings. The van der Waals surface area contributed by atoms with Gasteiger partial charge < -0.3 is 20.9 Å². The van der Waals surface area contributed by atoms with Crippen LogP contribution in [-0.4, -0.2) is 13.5 Å². The lowest BCUT2D eigenvalue weighted by Crippen LogP contribution is -2.26. The number of rotatable bonds is 16. The van der Waals surface area contributed by atoms with E-state index < -0.39 is 0 Å². The van der Waals surface area contributed by atoms with Gasteiger partial charge >= 0.3 is 0 Å². The summed E-state index contributed by atoms with van der Waals surface area (Å²) in [4.78, 5) is 0. The molecular weight excluding hydrogens is 637 g/mol. The Kier molecular flexibility index (Phi) is 14.3. The van der Waals surface area contributed by atoms with Crippen LogP contribution in [-0.2, 0) is 51.8 Å². The summed E-state index contributed by atoms with van der Waals surface area (Å²) in [6, 6.07) is 21.2. The molecule has 52 heavy (non-hydrogen) atoms. The van der Waals surface area contributed by atoms with Crippen LogP contribution in [0.2, 0.25) is 0 Å². The van der Waals surface area contributed by atoms with Crippen LogP contribution >= 0.6 is 0 Å². The van der Waals surface area contributed by atoms with Crippen LogP contribution in [0.25, 0.3) is 0 Å². The molecule has 0 aliphatic carbocycles. The van der Waals surface area contributed by atoms with Crippen molar-refractivity contribution < 1.29 is 9.47 Å². The summed E-state index contributed by atoms with van der Waals surface area (Å²) in [7, 11) is 0. The molecular formula is C48H76N2O2. The van der Waals surface area contributed by atoms with E-state index in [2.05, 4.69) is 158 Å². The maximum absolute atomic E-state index is 6.08. The summed E-state index contributed by atoms with van der Waals surface area (Å²) >= 11 is 0. The van der Waals surface area contributed by atoms with Crippen molar-refractivity contribution in [1.82, 2.24) is 0 Å². The maximum Gasteiger partial charge on any atom is 0.0944 e. The third-order valence-corrected chi connectivity index (χ3v) is 10.3. The van der Waals surface area contributed by atoms with E-state index in [9.17, 15) is 0 Å². The van der Waals surface area contributed by atoms with Gasteiger partial charge in [-0.15, -0.1) is 0 Å². The molecule has 0 spiro atoms. The molecule has 0 bridgehead atoms. The van der Waals surface area contributed by atoms with Crippen LogP contribution in [0.15, 0.2) is 54.6 Å². The molecule has 0 saturated carbocycles. The van der Waals surface area contributed by atoms with Crippen molar-refractivity contribution >= 4 is 0 Å². The van der Waals surface area contributed by atoms with E-state index in [1.165, 1.54) is 50.1 Å². The molecule has 0 aliphatic rings. The first-order valence-electron chi connectivity index (χ1n) is 19.7. The van der Waals surface area contributed by atoms with E-state index in [0.717, 1.165) is 32.1 Å². The molecule has 4 nitrogen and oxygen atoms in total. The van der Waals surface area contributed by atoms with E-state index in [4.69, 9.17) is 20.9 Å². The standard InChI is InChI=1S/C48H76N2O2/c1-43(2,3)29-46(10,11)39-18-16-17-34(22-39)21-37-25-41(48(14,15)31-45(7,8)9)26-38(42(37)28-52-33-50)23-36-24-40(20-19-35(36)27-51-32-49)47(12,13)30-44(4,5)6/h16-20,22,24-26H,21,23,27-33,49-50H2,1-15H3. The predicted molar refractivity (Wildman–Crippen MR) is 224 cm³/mol. The average molecular weight is 713 g/mol. The molecule has 0 atom stereocenters. The van der Waals surface area contributed by atoms with Crippen LogP contribution < -0.4 is 11.5 Å². The van der Waals surface area contributed by atoms with Gasteiger partial charge in [0.25, 0.3) is 0 Å². The Morgan fingerprint density at radius 3 is 1.38 bits per heavy atom. The Morgan fingerprint density at radius 1 is 0.442 bits per heavy atom. The fourth-order valence-electron chi connectivity index (χ4n) is 9.18. The van der Waals surface area contributed by atoms with E-state index in [0.29, 0.717) is 13.2 Å². The van der Waals surface area contributed by atoms with E-state index in [1.54, 1.807) is 0 Å². The minimum Gasteiger partial charge on any atom is -0.362 e. The van der Waals surface area contributed by atoms with Gasteiger partial charge in [-0.3, -0.25) is 0 Å². The Labute approximate surface area is 319 Å². The van der Waals surface area contributed by atoms with Crippen LogP contribution in [0.5, 0.6) is 0 Å². The highest BCUT2D eigenvalue weighted by atomic mass is 16.5. The SMILES string of the molecule is CC(C)(C)CC(C)(C)c1cccc(Cc2cc(C(C)(C)CC(C)(C)C)cc(Cc3cc(C(C)(C)CC(C)(C)C)ccc3COCN)c2COCN)c1. The van der Waals surface area contributed by atoms with Gasteiger partial charge in [0.1, 0.15) is 0 Å². The minimum atomic E-state index is -0.0341. The molecule has 0 saturated heterocycles. The molecule has 0 radical (unpaired) electrons. The number of hydrogen-bond acceptors (Lipinski definition) is 4. The second kappa shape index (κ2) is 16.9. The highest BCUT2D eigenvalue weighted by Gasteiger charge is 2.31. The fourth-order valence-corrected chi connectivity index (χ4v) is 9.18. The molecule has 4 N–H and O–H groups in total. The van der Waals surface area contributed by atoms with Gasteiger partial charge in [-0.1, -0.05) is 158 Å². The molecule has 0 fully saturated rings. The summed E-state index contributed by atoms with van der Waals surface area (Å²) in [6.45, 7) is 36.7. The summed E-state index contributed by atoms with van der Waals surface area (Å²) < 4.78 is 11.9. The van der Waals surface area contributed by atoms with Crippen molar-refractivity contribution in [3.05, 3.63) is 105 Å². The van der Waals surface area contributed by atoms with E-state index in [-0.39, 0.29) is 46.0 Å². The first-order chi connectivity index (χ1) is 23.8. The van der Waals surface area contributed by atoms with Crippen LogP contribution in [0.1, 0.15) is 173 Å². The zero-order chi connectivity index (χ0) is 39.3. The predicted octanol–water partition coefficient (Wildman–Crippen LogP) is 11.9. The smallest absolute Gasteiger partial charge is 0.0944 e. The first-order valence-corrected chi connectivity index (χ1v) is 19.7. The molecule has 0 aliphatic heterocycles. The highest BCUT2D eigenvalue weighted by molar-refractivity contribution is 5.48. The van der Waals surface area contributed by atoms with E-state index >= 15 is 0 Å². The highest BCUT2D eigenvalue weighted by Crippen LogP contribution is 2.41. The van der Waals surface area contributed by atoms with Gasteiger partial charge in [0.15, 0.2) is 0 Å². The molecule has 0 unspecified atom stereocenters. The number of hydrogen-bond donors (Lipinski definition) is 2. The van der Waals surface area contributed by atoms with Crippen molar-refractivity contribution in [1.29, 1.82) is 0 Å². The Bertz CT molecular complexity index is 1610.